The number of carbonyl (C=O) groups is 1. The Bertz CT molecular complexity index is 393. The maximum absolute atomic E-state index is 12.1. The van der Waals surface area contributed by atoms with Crippen LogP contribution in [0.25, 0.3) is 0 Å². The fourth-order valence-electron chi connectivity index (χ4n) is 2.61. The van der Waals surface area contributed by atoms with Crippen LogP contribution in [0.4, 0.5) is 0 Å². The van der Waals surface area contributed by atoms with Crippen molar-refractivity contribution in [2.24, 2.45) is 0 Å². The van der Waals surface area contributed by atoms with Crippen LogP contribution in [0.15, 0.2) is 11.6 Å². The van der Waals surface area contributed by atoms with Gasteiger partial charge in [0.25, 0.3) is 0 Å². The molecular weight excluding hydrogens is 258 g/mol. The SMILES string of the molecule is CN(Cc1nccs1)C(=O)CC[C@@H]1CCCCN1C. The first-order valence-corrected chi connectivity index (χ1v) is 7.87. The van der Waals surface area contributed by atoms with E-state index in [0.29, 0.717) is 19.0 Å². The molecule has 1 aliphatic rings. The van der Waals surface area contributed by atoms with Crippen molar-refractivity contribution in [3.05, 3.63) is 16.6 Å². The van der Waals surface area contributed by atoms with E-state index in [9.17, 15) is 4.79 Å². The Labute approximate surface area is 119 Å². The quantitative estimate of drug-likeness (QED) is 0.831. The predicted octanol–water partition coefficient (Wildman–Crippen LogP) is 2.37. The molecule has 1 aliphatic heterocycles. The molecule has 19 heavy (non-hydrogen) atoms. The zero-order valence-electron chi connectivity index (χ0n) is 11.8. The van der Waals surface area contributed by atoms with Gasteiger partial charge in [0.15, 0.2) is 0 Å². The van der Waals surface area contributed by atoms with Crippen LogP contribution in [-0.2, 0) is 11.3 Å². The van der Waals surface area contributed by atoms with Gasteiger partial charge in [-0.05, 0) is 32.9 Å². The zero-order chi connectivity index (χ0) is 13.7. The highest BCUT2D eigenvalue weighted by Gasteiger charge is 2.20. The fraction of sp³-hybridized carbons (Fsp3) is 0.714. The van der Waals surface area contributed by atoms with Gasteiger partial charge in [0.05, 0.1) is 6.54 Å². The van der Waals surface area contributed by atoms with Crippen LogP contribution in [-0.4, -0.2) is 47.4 Å². The van der Waals surface area contributed by atoms with E-state index in [1.165, 1.54) is 25.8 Å². The Morgan fingerprint density at radius 1 is 1.58 bits per heavy atom. The molecule has 4 nitrogen and oxygen atoms in total. The fourth-order valence-corrected chi connectivity index (χ4v) is 3.28. The Morgan fingerprint density at radius 3 is 3.11 bits per heavy atom. The van der Waals surface area contributed by atoms with E-state index in [1.807, 2.05) is 12.4 Å². The van der Waals surface area contributed by atoms with Crippen molar-refractivity contribution in [1.29, 1.82) is 0 Å². The van der Waals surface area contributed by atoms with Crippen molar-refractivity contribution < 1.29 is 4.79 Å². The van der Waals surface area contributed by atoms with Crippen LogP contribution in [0.1, 0.15) is 37.1 Å². The van der Waals surface area contributed by atoms with Crippen LogP contribution >= 0.6 is 11.3 Å². The third-order valence-electron chi connectivity index (χ3n) is 3.89. The normalized spacial score (nSPS) is 20.4. The van der Waals surface area contributed by atoms with Crippen molar-refractivity contribution >= 4 is 17.2 Å². The predicted molar refractivity (Wildman–Crippen MR) is 78.1 cm³/mol. The van der Waals surface area contributed by atoms with Gasteiger partial charge in [-0.15, -0.1) is 11.3 Å². The van der Waals surface area contributed by atoms with Crippen molar-refractivity contribution in [2.45, 2.75) is 44.7 Å². The highest BCUT2D eigenvalue weighted by Crippen LogP contribution is 2.19. The van der Waals surface area contributed by atoms with E-state index >= 15 is 0 Å². The molecule has 1 amide bonds. The number of thiazole rings is 1. The average Bonchev–Trinajstić information content (AvgIpc) is 2.90. The van der Waals surface area contributed by atoms with Gasteiger partial charge in [-0.1, -0.05) is 6.42 Å². The molecular formula is C14H23N3OS. The molecule has 1 aromatic rings. The van der Waals surface area contributed by atoms with Crippen LogP contribution in [0.3, 0.4) is 0 Å². The summed E-state index contributed by atoms with van der Waals surface area (Å²) in [4.78, 5) is 20.5. The Hall–Kier alpha value is -0.940. The Kier molecular flexibility index (Phi) is 5.34. The molecule has 0 spiro atoms. The molecule has 0 bridgehead atoms. The monoisotopic (exact) mass is 281 g/mol. The lowest BCUT2D eigenvalue weighted by molar-refractivity contribution is -0.130. The number of piperidine rings is 1. The highest BCUT2D eigenvalue weighted by molar-refractivity contribution is 7.09. The summed E-state index contributed by atoms with van der Waals surface area (Å²) in [5.74, 6) is 0.231. The van der Waals surface area contributed by atoms with Crippen LogP contribution in [0, 0.1) is 0 Å². The lowest BCUT2D eigenvalue weighted by Gasteiger charge is -2.32. The molecule has 106 valence electrons. The number of rotatable bonds is 5. The van der Waals surface area contributed by atoms with E-state index in [1.54, 1.807) is 22.4 Å². The summed E-state index contributed by atoms with van der Waals surface area (Å²) in [5.41, 5.74) is 0. The third-order valence-corrected chi connectivity index (χ3v) is 4.66. The smallest absolute Gasteiger partial charge is 0.222 e. The number of aromatic nitrogens is 1. The average molecular weight is 281 g/mol. The summed E-state index contributed by atoms with van der Waals surface area (Å²) >= 11 is 1.60. The number of hydrogen-bond donors (Lipinski definition) is 0. The maximum Gasteiger partial charge on any atom is 0.222 e. The second-order valence-electron chi connectivity index (χ2n) is 5.34. The topological polar surface area (TPSA) is 36.4 Å². The summed E-state index contributed by atoms with van der Waals surface area (Å²) in [7, 11) is 4.04. The van der Waals surface area contributed by atoms with Gasteiger partial charge in [-0.2, -0.15) is 0 Å². The first-order chi connectivity index (χ1) is 9.16. The first kappa shape index (κ1) is 14.5. The molecule has 0 aromatic carbocycles. The number of nitrogens with zero attached hydrogens (tertiary/aromatic N) is 3. The third kappa shape index (κ3) is 4.28. The molecule has 2 heterocycles. The molecule has 1 aromatic heterocycles. The van der Waals surface area contributed by atoms with Crippen LogP contribution in [0.2, 0.25) is 0 Å². The second kappa shape index (κ2) is 7.01. The van der Waals surface area contributed by atoms with Gasteiger partial charge in [-0.3, -0.25) is 4.79 Å². The van der Waals surface area contributed by atoms with Crippen molar-refractivity contribution in [2.75, 3.05) is 20.6 Å². The van der Waals surface area contributed by atoms with E-state index in [4.69, 9.17) is 0 Å². The maximum atomic E-state index is 12.1. The minimum atomic E-state index is 0.231. The molecule has 1 saturated heterocycles. The van der Waals surface area contributed by atoms with E-state index < -0.39 is 0 Å². The summed E-state index contributed by atoms with van der Waals surface area (Å²) in [6.07, 6.45) is 7.26. The molecule has 1 fully saturated rings. The lowest BCUT2D eigenvalue weighted by Crippen LogP contribution is -2.37. The first-order valence-electron chi connectivity index (χ1n) is 6.99. The van der Waals surface area contributed by atoms with Gasteiger partial charge < -0.3 is 9.80 Å². The molecule has 2 rings (SSSR count). The molecule has 5 heteroatoms. The van der Waals surface area contributed by atoms with E-state index in [0.717, 1.165) is 11.4 Å². The van der Waals surface area contributed by atoms with E-state index in [2.05, 4.69) is 16.9 Å². The summed E-state index contributed by atoms with van der Waals surface area (Å²) in [6, 6.07) is 0.589. The minimum Gasteiger partial charge on any atom is -0.339 e. The van der Waals surface area contributed by atoms with Crippen molar-refractivity contribution in [3.63, 3.8) is 0 Å². The summed E-state index contributed by atoms with van der Waals surface area (Å²) < 4.78 is 0. The van der Waals surface area contributed by atoms with Gasteiger partial charge in [0, 0.05) is 31.1 Å². The van der Waals surface area contributed by atoms with Gasteiger partial charge >= 0.3 is 0 Å². The molecule has 0 unspecified atom stereocenters. The largest absolute Gasteiger partial charge is 0.339 e. The number of hydrogen-bond acceptors (Lipinski definition) is 4. The number of likely N-dealkylation sites (tertiary alicyclic amines) is 1. The molecule has 0 N–H and O–H groups in total. The molecule has 1 atom stereocenters. The summed E-state index contributed by atoms with van der Waals surface area (Å²) in [5, 5.41) is 2.95. The minimum absolute atomic E-state index is 0.231. The van der Waals surface area contributed by atoms with Crippen molar-refractivity contribution in [3.8, 4) is 0 Å². The molecule has 0 saturated carbocycles. The summed E-state index contributed by atoms with van der Waals surface area (Å²) in [6.45, 7) is 1.81. The van der Waals surface area contributed by atoms with Gasteiger partial charge in [0.2, 0.25) is 5.91 Å². The highest BCUT2D eigenvalue weighted by atomic mass is 32.1. The van der Waals surface area contributed by atoms with E-state index in [-0.39, 0.29) is 5.91 Å². The van der Waals surface area contributed by atoms with Crippen LogP contribution in [0.5, 0.6) is 0 Å². The second-order valence-corrected chi connectivity index (χ2v) is 6.32. The van der Waals surface area contributed by atoms with Gasteiger partial charge in [0.1, 0.15) is 5.01 Å². The lowest BCUT2D eigenvalue weighted by atomic mass is 9.98. The van der Waals surface area contributed by atoms with Crippen molar-refractivity contribution in [1.82, 2.24) is 14.8 Å². The molecule has 0 aliphatic carbocycles. The standard InChI is InChI=1S/C14H23N3OS/c1-16-9-4-3-5-12(16)6-7-14(18)17(2)11-13-15-8-10-19-13/h8,10,12H,3-7,9,11H2,1-2H3/t12-/m0/s1. The zero-order valence-corrected chi connectivity index (χ0v) is 12.7. The Morgan fingerprint density at radius 2 is 2.42 bits per heavy atom. The van der Waals surface area contributed by atoms with Gasteiger partial charge in [-0.25, -0.2) is 4.98 Å². The van der Waals surface area contributed by atoms with Crippen LogP contribution < -0.4 is 0 Å². The number of amides is 1. The molecule has 0 radical (unpaired) electrons. The Balaban J connectivity index is 1.74. The number of carbonyl (C=O) groups excluding carboxylic acids is 1.